The highest BCUT2D eigenvalue weighted by atomic mass is 16.6. The number of nitrogens with two attached hydrogens (primary N) is 1. The minimum atomic E-state index is -0.628. The van der Waals surface area contributed by atoms with Gasteiger partial charge in [0.15, 0.2) is 0 Å². The molecular weight excluding hydrogens is 206 g/mol. The van der Waals surface area contributed by atoms with E-state index >= 15 is 0 Å². The molecule has 0 atom stereocenters. The van der Waals surface area contributed by atoms with Gasteiger partial charge in [0.1, 0.15) is 5.84 Å². The van der Waals surface area contributed by atoms with Gasteiger partial charge in [-0.3, -0.25) is 10.7 Å². The molecule has 86 valence electrons. The predicted molar refractivity (Wildman–Crippen MR) is 62.4 cm³/mol. The number of ether oxygens (including phenoxy) is 1. The number of anilines is 1. The fourth-order valence-corrected chi connectivity index (χ4v) is 1.07. The fourth-order valence-electron chi connectivity index (χ4n) is 1.07. The Hall–Kier alpha value is -2.04. The molecule has 0 fully saturated rings. The Balaban J connectivity index is 2.59. The SMILES string of the molecule is CC(C)OC(=O)NC(=N)c1ccc(N)cc1. The molecule has 0 heterocycles. The maximum absolute atomic E-state index is 11.2. The Kier molecular flexibility index (Phi) is 3.88. The molecule has 0 aliphatic heterocycles. The van der Waals surface area contributed by atoms with E-state index in [9.17, 15) is 4.79 Å². The van der Waals surface area contributed by atoms with E-state index in [1.165, 1.54) is 0 Å². The molecular formula is C11H15N3O2. The molecule has 1 amide bonds. The number of carbonyl (C=O) groups excluding carboxylic acids is 1. The summed E-state index contributed by atoms with van der Waals surface area (Å²) in [5.74, 6) is -0.00866. The number of rotatable bonds is 2. The van der Waals surface area contributed by atoms with Crippen LogP contribution in [0.1, 0.15) is 19.4 Å². The molecule has 0 spiro atoms. The van der Waals surface area contributed by atoms with Crippen LogP contribution >= 0.6 is 0 Å². The van der Waals surface area contributed by atoms with Gasteiger partial charge in [-0.25, -0.2) is 4.79 Å². The number of nitrogens with one attached hydrogen (secondary N) is 2. The van der Waals surface area contributed by atoms with Crippen molar-refractivity contribution in [2.75, 3.05) is 5.73 Å². The van der Waals surface area contributed by atoms with E-state index in [0.29, 0.717) is 11.3 Å². The normalized spacial score (nSPS) is 9.94. The van der Waals surface area contributed by atoms with Crippen LogP contribution in [0.15, 0.2) is 24.3 Å². The number of carbonyl (C=O) groups is 1. The maximum Gasteiger partial charge on any atom is 0.413 e. The summed E-state index contributed by atoms with van der Waals surface area (Å²) < 4.78 is 4.85. The second-order valence-electron chi connectivity index (χ2n) is 3.58. The second kappa shape index (κ2) is 5.16. The average Bonchev–Trinajstić information content (AvgIpc) is 2.16. The Bertz CT molecular complexity index is 385. The van der Waals surface area contributed by atoms with Gasteiger partial charge in [0.05, 0.1) is 6.10 Å². The van der Waals surface area contributed by atoms with E-state index in [0.717, 1.165) is 0 Å². The van der Waals surface area contributed by atoms with Crippen molar-refractivity contribution in [1.82, 2.24) is 5.32 Å². The van der Waals surface area contributed by atoms with Crippen LogP contribution in [0.25, 0.3) is 0 Å². The highest BCUT2D eigenvalue weighted by Crippen LogP contribution is 2.05. The molecule has 4 N–H and O–H groups in total. The maximum atomic E-state index is 11.2. The number of amidine groups is 1. The van der Waals surface area contributed by atoms with Gasteiger partial charge in [-0.15, -0.1) is 0 Å². The molecule has 5 heteroatoms. The summed E-state index contributed by atoms with van der Waals surface area (Å²) in [7, 11) is 0. The summed E-state index contributed by atoms with van der Waals surface area (Å²) in [4.78, 5) is 11.2. The first-order chi connectivity index (χ1) is 7.49. The van der Waals surface area contributed by atoms with Crippen molar-refractivity contribution in [1.29, 1.82) is 5.41 Å². The standard InChI is InChI=1S/C11H15N3O2/c1-7(2)16-11(15)14-10(13)8-3-5-9(12)6-4-8/h3-7H,12H2,1-2H3,(H2,13,14,15). The molecule has 5 nitrogen and oxygen atoms in total. The van der Waals surface area contributed by atoms with Crippen LogP contribution in [0.3, 0.4) is 0 Å². The smallest absolute Gasteiger partial charge is 0.413 e. The van der Waals surface area contributed by atoms with Crippen molar-refractivity contribution in [3.63, 3.8) is 0 Å². The van der Waals surface area contributed by atoms with E-state index < -0.39 is 6.09 Å². The third-order valence-corrected chi connectivity index (χ3v) is 1.77. The average molecular weight is 221 g/mol. The predicted octanol–water partition coefficient (Wildman–Crippen LogP) is 1.73. The molecule has 1 aromatic rings. The van der Waals surface area contributed by atoms with E-state index in [1.807, 2.05) is 0 Å². The Morgan fingerprint density at radius 1 is 1.38 bits per heavy atom. The van der Waals surface area contributed by atoms with Crippen molar-refractivity contribution in [3.8, 4) is 0 Å². The van der Waals surface area contributed by atoms with Gasteiger partial charge in [0.25, 0.3) is 0 Å². The highest BCUT2D eigenvalue weighted by molar-refractivity contribution is 6.04. The minimum Gasteiger partial charge on any atom is -0.447 e. The van der Waals surface area contributed by atoms with Crippen LogP contribution in [-0.4, -0.2) is 18.0 Å². The molecule has 0 unspecified atom stereocenters. The quantitative estimate of drug-likeness (QED) is 0.403. The number of alkyl carbamates (subject to hydrolysis) is 1. The first-order valence-electron chi connectivity index (χ1n) is 4.91. The van der Waals surface area contributed by atoms with Crippen molar-refractivity contribution >= 4 is 17.6 Å². The molecule has 0 radical (unpaired) electrons. The van der Waals surface area contributed by atoms with Gasteiger partial charge in [0.2, 0.25) is 0 Å². The van der Waals surface area contributed by atoms with Crippen LogP contribution in [-0.2, 0) is 4.74 Å². The summed E-state index contributed by atoms with van der Waals surface area (Å²) in [5.41, 5.74) is 6.70. The molecule has 0 aromatic heterocycles. The Morgan fingerprint density at radius 3 is 2.44 bits per heavy atom. The lowest BCUT2D eigenvalue weighted by molar-refractivity contribution is 0.120. The van der Waals surface area contributed by atoms with E-state index in [1.54, 1.807) is 38.1 Å². The van der Waals surface area contributed by atoms with Crippen molar-refractivity contribution in [3.05, 3.63) is 29.8 Å². The second-order valence-corrected chi connectivity index (χ2v) is 3.58. The lowest BCUT2D eigenvalue weighted by atomic mass is 10.2. The minimum absolute atomic E-state index is 0.00866. The van der Waals surface area contributed by atoms with E-state index in [-0.39, 0.29) is 11.9 Å². The van der Waals surface area contributed by atoms with Crippen molar-refractivity contribution in [2.24, 2.45) is 0 Å². The van der Waals surface area contributed by atoms with Crippen molar-refractivity contribution in [2.45, 2.75) is 20.0 Å². The van der Waals surface area contributed by atoms with E-state index in [4.69, 9.17) is 15.9 Å². The zero-order valence-electron chi connectivity index (χ0n) is 9.28. The number of amides is 1. The summed E-state index contributed by atoms with van der Waals surface area (Å²) in [6.45, 7) is 3.48. The zero-order valence-corrected chi connectivity index (χ0v) is 9.28. The van der Waals surface area contributed by atoms with E-state index in [2.05, 4.69) is 5.32 Å². The molecule has 16 heavy (non-hydrogen) atoms. The number of hydrogen-bond donors (Lipinski definition) is 3. The number of hydrogen-bond acceptors (Lipinski definition) is 4. The molecule has 0 saturated carbocycles. The summed E-state index contributed by atoms with van der Waals surface area (Å²) in [5, 5.41) is 9.95. The molecule has 1 rings (SSSR count). The van der Waals surface area contributed by atoms with Crippen molar-refractivity contribution < 1.29 is 9.53 Å². The van der Waals surface area contributed by atoms with Gasteiger partial charge < -0.3 is 10.5 Å². The largest absolute Gasteiger partial charge is 0.447 e. The molecule has 0 saturated heterocycles. The molecule has 0 bridgehead atoms. The van der Waals surface area contributed by atoms with Crippen LogP contribution in [0.5, 0.6) is 0 Å². The number of nitrogen functional groups attached to an aromatic ring is 1. The van der Waals surface area contributed by atoms with Gasteiger partial charge >= 0.3 is 6.09 Å². The fraction of sp³-hybridized carbons (Fsp3) is 0.273. The first kappa shape index (κ1) is 12.0. The zero-order chi connectivity index (χ0) is 12.1. The molecule has 0 aliphatic carbocycles. The Morgan fingerprint density at radius 2 is 1.94 bits per heavy atom. The summed E-state index contributed by atoms with van der Waals surface area (Å²) >= 11 is 0. The van der Waals surface area contributed by atoms with Gasteiger partial charge in [0, 0.05) is 11.3 Å². The van der Waals surface area contributed by atoms with Crippen LogP contribution in [0.2, 0.25) is 0 Å². The van der Waals surface area contributed by atoms with Crippen LogP contribution in [0.4, 0.5) is 10.5 Å². The Labute approximate surface area is 94.1 Å². The molecule has 0 aliphatic rings. The summed E-state index contributed by atoms with van der Waals surface area (Å²) in [6, 6.07) is 6.65. The summed E-state index contributed by atoms with van der Waals surface area (Å²) in [6.07, 6.45) is -0.837. The number of benzene rings is 1. The lowest BCUT2D eigenvalue weighted by Crippen LogP contribution is -2.32. The van der Waals surface area contributed by atoms with Gasteiger partial charge in [-0.05, 0) is 38.1 Å². The highest BCUT2D eigenvalue weighted by Gasteiger charge is 2.08. The van der Waals surface area contributed by atoms with Crippen LogP contribution in [0, 0.1) is 5.41 Å². The molecule has 1 aromatic carbocycles. The lowest BCUT2D eigenvalue weighted by Gasteiger charge is -2.10. The monoisotopic (exact) mass is 221 g/mol. The third kappa shape index (κ3) is 3.61. The topological polar surface area (TPSA) is 88.2 Å². The van der Waals surface area contributed by atoms with Gasteiger partial charge in [-0.1, -0.05) is 0 Å². The third-order valence-electron chi connectivity index (χ3n) is 1.77. The van der Waals surface area contributed by atoms with Crippen LogP contribution < -0.4 is 11.1 Å². The van der Waals surface area contributed by atoms with Gasteiger partial charge in [-0.2, -0.15) is 0 Å². The first-order valence-corrected chi connectivity index (χ1v) is 4.91.